The lowest BCUT2D eigenvalue weighted by atomic mass is 10.2. The molecule has 0 unspecified atom stereocenters. The van der Waals surface area contributed by atoms with Gasteiger partial charge < -0.3 is 9.64 Å². The number of rotatable bonds is 3. The second-order valence-corrected chi connectivity index (χ2v) is 6.21. The zero-order valence-electron chi connectivity index (χ0n) is 14.7. The summed E-state index contributed by atoms with van der Waals surface area (Å²) >= 11 is 0. The zero-order chi connectivity index (χ0) is 18.1. The van der Waals surface area contributed by atoms with Crippen LogP contribution in [0.1, 0.15) is 11.4 Å². The molecule has 5 nitrogen and oxygen atoms in total. The van der Waals surface area contributed by atoms with E-state index in [0.717, 1.165) is 28.1 Å². The van der Waals surface area contributed by atoms with Crippen LogP contribution in [-0.4, -0.2) is 29.2 Å². The summed E-state index contributed by atoms with van der Waals surface area (Å²) in [6.45, 7) is 2.48. The van der Waals surface area contributed by atoms with Crippen LogP contribution in [0.25, 0.3) is 11.0 Å². The molecule has 1 aromatic heterocycles. The van der Waals surface area contributed by atoms with Gasteiger partial charge in [0, 0.05) is 12.8 Å². The van der Waals surface area contributed by atoms with Crippen molar-refractivity contribution in [3.8, 4) is 0 Å². The van der Waals surface area contributed by atoms with E-state index in [-0.39, 0.29) is 12.4 Å². The van der Waals surface area contributed by atoms with Crippen LogP contribution in [0.4, 0.5) is 10.1 Å². The van der Waals surface area contributed by atoms with Crippen LogP contribution in [0, 0.1) is 6.92 Å². The lowest BCUT2D eigenvalue weighted by Gasteiger charge is -2.29. The number of aromatic nitrogens is 2. The number of hydrogen-bond donors (Lipinski definition) is 0. The Morgan fingerprint density at radius 3 is 2.65 bits per heavy atom. The molecular weight excluding hydrogens is 331 g/mol. The van der Waals surface area contributed by atoms with Gasteiger partial charge in [0.2, 0.25) is 5.96 Å². The molecule has 0 aliphatic carbocycles. The Labute approximate surface area is 151 Å². The molecule has 0 spiro atoms. The first-order chi connectivity index (χ1) is 12.7. The number of benzene rings is 2. The van der Waals surface area contributed by atoms with E-state index in [9.17, 15) is 4.39 Å². The van der Waals surface area contributed by atoms with E-state index in [1.807, 2.05) is 64.9 Å². The van der Waals surface area contributed by atoms with Crippen molar-refractivity contribution in [3.05, 3.63) is 71.9 Å². The number of halogens is 1. The van der Waals surface area contributed by atoms with Crippen molar-refractivity contribution in [1.82, 2.24) is 9.55 Å². The Balaban J connectivity index is 1.90. The second kappa shape index (κ2) is 6.72. The van der Waals surface area contributed by atoms with Crippen LogP contribution >= 0.6 is 0 Å². The third kappa shape index (κ3) is 2.88. The highest BCUT2D eigenvalue weighted by molar-refractivity contribution is 6.04. The van der Waals surface area contributed by atoms with Gasteiger partial charge >= 0.3 is 0 Å². The second-order valence-electron chi connectivity index (χ2n) is 6.21. The standard InChI is InChI=1S/C20H19FN4O/c1-14-7-9-16(10-8-14)24-12-15(21)11-22-20(24)25-18-6-4-3-5-17(18)23-19(25)13-26-2/h3-11H,12-13H2,1-2H3. The number of nitrogens with zero attached hydrogens (tertiary/aromatic N) is 4. The maximum atomic E-state index is 14.0. The third-order valence-corrected chi connectivity index (χ3v) is 4.32. The van der Waals surface area contributed by atoms with E-state index >= 15 is 0 Å². The topological polar surface area (TPSA) is 42.6 Å². The van der Waals surface area contributed by atoms with Crippen molar-refractivity contribution < 1.29 is 9.13 Å². The molecular formula is C20H19FN4O. The van der Waals surface area contributed by atoms with Crippen molar-refractivity contribution in [3.63, 3.8) is 0 Å². The molecule has 0 N–H and O–H groups in total. The first kappa shape index (κ1) is 16.5. The molecule has 1 aliphatic rings. The highest BCUT2D eigenvalue weighted by atomic mass is 19.1. The van der Waals surface area contributed by atoms with Gasteiger partial charge in [-0.2, -0.15) is 0 Å². The first-order valence-corrected chi connectivity index (χ1v) is 8.39. The molecule has 3 aromatic rings. The molecule has 132 valence electrons. The minimum atomic E-state index is -0.285. The summed E-state index contributed by atoms with van der Waals surface area (Å²) in [4.78, 5) is 10.9. The smallest absolute Gasteiger partial charge is 0.216 e. The highest BCUT2D eigenvalue weighted by Gasteiger charge is 2.24. The third-order valence-electron chi connectivity index (χ3n) is 4.32. The number of methoxy groups -OCH3 is 1. The van der Waals surface area contributed by atoms with Crippen molar-refractivity contribution in [1.29, 1.82) is 0 Å². The molecule has 0 atom stereocenters. The number of para-hydroxylation sites is 2. The van der Waals surface area contributed by atoms with Gasteiger partial charge in [0.25, 0.3) is 0 Å². The maximum absolute atomic E-state index is 14.0. The normalized spacial score (nSPS) is 14.5. The number of aliphatic imine (C=N–C) groups is 1. The number of fused-ring (bicyclic) bond motifs is 1. The Hall–Kier alpha value is -2.99. The molecule has 0 saturated carbocycles. The van der Waals surface area contributed by atoms with Gasteiger partial charge in [-0.3, -0.25) is 4.57 Å². The van der Waals surface area contributed by atoms with Crippen molar-refractivity contribution in [2.45, 2.75) is 13.5 Å². The van der Waals surface area contributed by atoms with E-state index in [2.05, 4.69) is 9.98 Å². The minimum Gasteiger partial charge on any atom is -0.377 e. The summed E-state index contributed by atoms with van der Waals surface area (Å²) in [7, 11) is 1.63. The van der Waals surface area contributed by atoms with Crippen LogP contribution in [0.2, 0.25) is 0 Å². The molecule has 1 aliphatic heterocycles. The van der Waals surface area contributed by atoms with Crippen LogP contribution in [-0.2, 0) is 11.3 Å². The number of aryl methyl sites for hydroxylation is 1. The van der Waals surface area contributed by atoms with Gasteiger partial charge in [0.1, 0.15) is 18.3 Å². The molecule has 4 rings (SSSR count). The number of anilines is 1. The molecule has 26 heavy (non-hydrogen) atoms. The Kier molecular flexibility index (Phi) is 4.26. The highest BCUT2D eigenvalue weighted by Crippen LogP contribution is 2.25. The lowest BCUT2D eigenvalue weighted by Crippen LogP contribution is -2.39. The van der Waals surface area contributed by atoms with Crippen molar-refractivity contribution in [2.24, 2.45) is 4.99 Å². The fourth-order valence-corrected chi connectivity index (χ4v) is 3.09. The van der Waals surface area contributed by atoms with Gasteiger partial charge in [-0.15, -0.1) is 0 Å². The quantitative estimate of drug-likeness (QED) is 0.716. The predicted octanol–water partition coefficient (Wildman–Crippen LogP) is 4.03. The summed E-state index contributed by atoms with van der Waals surface area (Å²) in [5, 5.41) is 0. The van der Waals surface area contributed by atoms with E-state index in [1.54, 1.807) is 7.11 Å². The van der Waals surface area contributed by atoms with Gasteiger partial charge in [-0.1, -0.05) is 29.8 Å². The predicted molar refractivity (Wildman–Crippen MR) is 101 cm³/mol. The molecule has 2 heterocycles. The van der Waals surface area contributed by atoms with Gasteiger partial charge in [-0.05, 0) is 31.2 Å². The van der Waals surface area contributed by atoms with E-state index in [0.29, 0.717) is 12.6 Å². The van der Waals surface area contributed by atoms with E-state index < -0.39 is 0 Å². The van der Waals surface area contributed by atoms with Crippen molar-refractivity contribution >= 4 is 22.7 Å². The van der Waals surface area contributed by atoms with Crippen molar-refractivity contribution in [2.75, 3.05) is 18.6 Å². The molecule has 0 amide bonds. The summed E-state index contributed by atoms with van der Waals surface area (Å²) in [5.41, 5.74) is 3.78. The summed E-state index contributed by atoms with van der Waals surface area (Å²) in [6.07, 6.45) is 1.27. The molecule has 6 heteroatoms. The summed E-state index contributed by atoms with van der Waals surface area (Å²) in [6, 6.07) is 15.8. The monoisotopic (exact) mass is 350 g/mol. The van der Waals surface area contributed by atoms with Crippen LogP contribution < -0.4 is 4.90 Å². The Bertz CT molecular complexity index is 1000. The number of hydrogen-bond acceptors (Lipinski definition) is 4. The van der Waals surface area contributed by atoms with Gasteiger partial charge in [0.05, 0.1) is 23.8 Å². The Morgan fingerprint density at radius 1 is 1.12 bits per heavy atom. The average molecular weight is 350 g/mol. The fourth-order valence-electron chi connectivity index (χ4n) is 3.09. The molecule has 0 radical (unpaired) electrons. The van der Waals surface area contributed by atoms with E-state index in [1.165, 1.54) is 6.20 Å². The zero-order valence-corrected chi connectivity index (χ0v) is 14.7. The SMILES string of the molecule is COCc1nc2ccccc2n1C1=NC=C(F)CN1c1ccc(C)cc1. The maximum Gasteiger partial charge on any atom is 0.216 e. The summed E-state index contributed by atoms with van der Waals surface area (Å²) < 4.78 is 21.3. The van der Waals surface area contributed by atoms with E-state index in [4.69, 9.17) is 4.74 Å². The first-order valence-electron chi connectivity index (χ1n) is 8.39. The van der Waals surface area contributed by atoms with Crippen LogP contribution in [0.3, 0.4) is 0 Å². The molecule has 0 bridgehead atoms. The lowest BCUT2D eigenvalue weighted by molar-refractivity contribution is 0.177. The van der Waals surface area contributed by atoms with Gasteiger partial charge in [-0.25, -0.2) is 14.4 Å². The van der Waals surface area contributed by atoms with Gasteiger partial charge in [0.15, 0.2) is 0 Å². The summed E-state index contributed by atoms with van der Waals surface area (Å²) in [5.74, 6) is 1.04. The van der Waals surface area contributed by atoms with Crippen LogP contribution in [0.5, 0.6) is 0 Å². The fraction of sp³-hybridized carbons (Fsp3) is 0.200. The largest absolute Gasteiger partial charge is 0.377 e. The number of imidazole rings is 1. The minimum absolute atomic E-state index is 0.126. The average Bonchev–Trinajstić information content (AvgIpc) is 3.01. The molecule has 0 fully saturated rings. The number of ether oxygens (including phenoxy) is 1. The molecule has 2 aromatic carbocycles. The van der Waals surface area contributed by atoms with Crippen LogP contribution in [0.15, 0.2) is 65.6 Å². The molecule has 0 saturated heterocycles. The Morgan fingerprint density at radius 2 is 1.88 bits per heavy atom.